The number of rotatable bonds is 6. The van der Waals surface area contributed by atoms with Crippen molar-refractivity contribution < 1.29 is 0 Å². The quantitative estimate of drug-likeness (QED) is 0.825. The third kappa shape index (κ3) is 3.29. The first-order chi connectivity index (χ1) is 12.6. The zero-order valence-corrected chi connectivity index (χ0v) is 16.2. The molecule has 2 aliphatic carbocycles. The fourth-order valence-electron chi connectivity index (χ4n) is 4.81. The summed E-state index contributed by atoms with van der Waals surface area (Å²) >= 11 is 0. The number of nitrogens with two attached hydrogens (primary N) is 1. The summed E-state index contributed by atoms with van der Waals surface area (Å²) in [5, 5.41) is 0. The normalized spacial score (nSPS) is 23.5. The van der Waals surface area contributed by atoms with Crippen LogP contribution in [0.2, 0.25) is 0 Å². The Morgan fingerprint density at radius 1 is 1.19 bits per heavy atom. The van der Waals surface area contributed by atoms with Gasteiger partial charge in [-0.3, -0.25) is 0 Å². The van der Waals surface area contributed by atoms with Gasteiger partial charge in [-0.05, 0) is 69.5 Å². The van der Waals surface area contributed by atoms with E-state index < -0.39 is 0 Å². The summed E-state index contributed by atoms with van der Waals surface area (Å²) in [4.78, 5) is 9.98. The summed E-state index contributed by atoms with van der Waals surface area (Å²) in [5.41, 5.74) is 11.4. The van der Waals surface area contributed by atoms with E-state index in [4.69, 9.17) is 15.7 Å². The van der Waals surface area contributed by atoms with Crippen molar-refractivity contribution in [3.8, 4) is 0 Å². The second-order valence-corrected chi connectivity index (χ2v) is 8.49. The highest BCUT2D eigenvalue weighted by Crippen LogP contribution is 2.45. The van der Waals surface area contributed by atoms with Gasteiger partial charge >= 0.3 is 0 Å². The molecule has 0 bridgehead atoms. The van der Waals surface area contributed by atoms with Gasteiger partial charge in [0.2, 0.25) is 0 Å². The zero-order valence-electron chi connectivity index (χ0n) is 16.2. The number of hydrogen-bond donors (Lipinski definition) is 1. The van der Waals surface area contributed by atoms with Gasteiger partial charge < -0.3 is 5.73 Å². The van der Waals surface area contributed by atoms with Crippen LogP contribution in [0.5, 0.6) is 0 Å². The van der Waals surface area contributed by atoms with Crippen molar-refractivity contribution in [3.05, 3.63) is 58.7 Å². The minimum Gasteiger partial charge on any atom is -0.330 e. The molecule has 0 radical (unpaired) electrons. The Hall–Kier alpha value is -1.74. The second-order valence-electron chi connectivity index (χ2n) is 8.49. The maximum Gasteiger partial charge on any atom is 0.125 e. The number of fused-ring (bicyclic) bond motifs is 1. The Morgan fingerprint density at radius 3 is 2.65 bits per heavy atom. The van der Waals surface area contributed by atoms with Gasteiger partial charge in [0.25, 0.3) is 0 Å². The molecule has 138 valence electrons. The van der Waals surface area contributed by atoms with Crippen molar-refractivity contribution in [2.45, 2.75) is 70.1 Å². The summed E-state index contributed by atoms with van der Waals surface area (Å²) in [7, 11) is 0. The van der Waals surface area contributed by atoms with E-state index in [0.717, 1.165) is 37.5 Å². The van der Waals surface area contributed by atoms with Crippen LogP contribution in [0.3, 0.4) is 0 Å². The van der Waals surface area contributed by atoms with Gasteiger partial charge in [0, 0.05) is 11.3 Å². The lowest BCUT2D eigenvalue weighted by atomic mass is 9.69. The molecule has 1 heterocycles. The molecular formula is C23H31N3. The number of benzene rings is 1. The van der Waals surface area contributed by atoms with E-state index in [0.29, 0.717) is 5.92 Å². The highest BCUT2D eigenvalue weighted by molar-refractivity contribution is 5.43. The monoisotopic (exact) mass is 349 g/mol. The van der Waals surface area contributed by atoms with E-state index in [2.05, 4.69) is 44.2 Å². The molecule has 1 saturated carbocycles. The van der Waals surface area contributed by atoms with Gasteiger partial charge in [-0.1, -0.05) is 43.2 Å². The summed E-state index contributed by atoms with van der Waals surface area (Å²) < 4.78 is 0. The lowest BCUT2D eigenvalue weighted by molar-refractivity contribution is 0.435. The van der Waals surface area contributed by atoms with Gasteiger partial charge in [-0.25, -0.2) is 9.97 Å². The molecule has 2 aromatic rings. The first-order valence-corrected chi connectivity index (χ1v) is 10.3. The smallest absolute Gasteiger partial charge is 0.125 e. The first kappa shape index (κ1) is 17.7. The van der Waals surface area contributed by atoms with Gasteiger partial charge in [-0.2, -0.15) is 0 Å². The highest BCUT2D eigenvalue weighted by atomic mass is 14.9. The van der Waals surface area contributed by atoms with E-state index in [1.54, 1.807) is 0 Å². The van der Waals surface area contributed by atoms with Crippen molar-refractivity contribution in [1.29, 1.82) is 0 Å². The molecule has 0 amide bonds. The molecule has 2 N–H and O–H groups in total. The molecular weight excluding hydrogens is 318 g/mol. The first-order valence-electron chi connectivity index (χ1n) is 10.3. The van der Waals surface area contributed by atoms with Gasteiger partial charge in [0.05, 0.1) is 11.4 Å². The number of nitrogens with zero attached hydrogens (tertiary/aromatic N) is 2. The van der Waals surface area contributed by atoms with Crippen LogP contribution in [0, 0.1) is 12.8 Å². The highest BCUT2D eigenvalue weighted by Gasteiger charge is 2.38. The number of hydrogen-bond acceptors (Lipinski definition) is 3. The number of aromatic nitrogens is 2. The molecule has 0 aliphatic heterocycles. The standard InChI is InChI=1S/C23H31N3/c1-16-25-21(18(12-14-24)15-17-10-11-17)20-9-6-13-23(2,22(20)26-16)19-7-4-3-5-8-19/h3-5,7-8,17-18H,6,9-15,24H2,1-2H3. The molecule has 2 atom stereocenters. The Labute approximate surface area is 157 Å². The van der Waals surface area contributed by atoms with Crippen LogP contribution in [0.4, 0.5) is 0 Å². The lowest BCUT2D eigenvalue weighted by Crippen LogP contribution is -2.32. The minimum atomic E-state index is -0.00978. The summed E-state index contributed by atoms with van der Waals surface area (Å²) in [5.74, 6) is 2.31. The van der Waals surface area contributed by atoms with E-state index in [9.17, 15) is 0 Å². The topological polar surface area (TPSA) is 51.8 Å². The van der Waals surface area contributed by atoms with Crippen molar-refractivity contribution in [3.63, 3.8) is 0 Å². The molecule has 2 unspecified atom stereocenters. The largest absolute Gasteiger partial charge is 0.330 e. The summed E-state index contributed by atoms with van der Waals surface area (Å²) in [6.07, 6.45) is 8.54. The van der Waals surface area contributed by atoms with Gasteiger partial charge in [0.1, 0.15) is 5.82 Å². The van der Waals surface area contributed by atoms with Crippen LogP contribution < -0.4 is 5.73 Å². The molecule has 1 fully saturated rings. The maximum absolute atomic E-state index is 5.98. The average molecular weight is 350 g/mol. The van der Waals surface area contributed by atoms with Crippen molar-refractivity contribution in [1.82, 2.24) is 9.97 Å². The van der Waals surface area contributed by atoms with Crippen LogP contribution in [0.1, 0.15) is 79.7 Å². The third-order valence-corrected chi connectivity index (χ3v) is 6.40. The Morgan fingerprint density at radius 2 is 1.96 bits per heavy atom. The summed E-state index contributed by atoms with van der Waals surface area (Å²) in [6.45, 7) is 5.17. The average Bonchev–Trinajstić information content (AvgIpc) is 3.46. The van der Waals surface area contributed by atoms with E-state index in [-0.39, 0.29) is 5.41 Å². The van der Waals surface area contributed by atoms with Crippen molar-refractivity contribution in [2.75, 3.05) is 6.54 Å². The fourth-order valence-corrected chi connectivity index (χ4v) is 4.81. The van der Waals surface area contributed by atoms with Gasteiger partial charge in [-0.15, -0.1) is 0 Å². The van der Waals surface area contributed by atoms with E-state index >= 15 is 0 Å². The van der Waals surface area contributed by atoms with Crippen LogP contribution in [0.25, 0.3) is 0 Å². The van der Waals surface area contributed by atoms with E-state index in [1.165, 1.54) is 48.2 Å². The minimum absolute atomic E-state index is 0.00978. The predicted octanol–water partition coefficient (Wildman–Crippen LogP) is 4.66. The van der Waals surface area contributed by atoms with Crippen LogP contribution >= 0.6 is 0 Å². The molecule has 1 aromatic carbocycles. The predicted molar refractivity (Wildman–Crippen MR) is 106 cm³/mol. The molecule has 1 aromatic heterocycles. The zero-order chi connectivity index (χ0) is 18.1. The molecule has 3 nitrogen and oxygen atoms in total. The number of aryl methyl sites for hydroxylation is 1. The Bertz CT molecular complexity index is 767. The van der Waals surface area contributed by atoms with Crippen molar-refractivity contribution in [2.24, 2.45) is 11.7 Å². The molecule has 26 heavy (non-hydrogen) atoms. The fraction of sp³-hybridized carbons (Fsp3) is 0.565. The lowest BCUT2D eigenvalue weighted by Gasteiger charge is -2.37. The Balaban J connectivity index is 1.81. The Kier molecular flexibility index (Phi) is 4.83. The van der Waals surface area contributed by atoms with Gasteiger partial charge in [0.15, 0.2) is 0 Å². The summed E-state index contributed by atoms with van der Waals surface area (Å²) in [6, 6.07) is 10.9. The van der Waals surface area contributed by atoms with Crippen LogP contribution in [-0.2, 0) is 11.8 Å². The van der Waals surface area contributed by atoms with Crippen LogP contribution in [-0.4, -0.2) is 16.5 Å². The second kappa shape index (κ2) is 7.11. The van der Waals surface area contributed by atoms with Crippen LogP contribution in [0.15, 0.2) is 30.3 Å². The molecule has 0 spiro atoms. The van der Waals surface area contributed by atoms with Crippen molar-refractivity contribution >= 4 is 0 Å². The van der Waals surface area contributed by atoms with E-state index in [1.807, 2.05) is 0 Å². The molecule has 2 aliphatic rings. The molecule has 4 rings (SSSR count). The molecule has 0 saturated heterocycles. The SMILES string of the molecule is Cc1nc(C(CCN)CC2CC2)c2c(n1)C(C)(c1ccccc1)CCC2. The maximum atomic E-state index is 5.98. The third-order valence-electron chi connectivity index (χ3n) is 6.40. The molecule has 3 heteroatoms.